The number of benzene rings is 2. The van der Waals surface area contributed by atoms with E-state index < -0.39 is 6.09 Å². The number of nitrogens with one attached hydrogen (secondary N) is 1. The molecule has 1 heterocycles. The van der Waals surface area contributed by atoms with Crippen molar-refractivity contribution in [1.82, 2.24) is 5.32 Å². The second kappa shape index (κ2) is 11.8. The van der Waals surface area contributed by atoms with Crippen molar-refractivity contribution >= 4 is 12.1 Å². The van der Waals surface area contributed by atoms with E-state index in [0.29, 0.717) is 36.7 Å². The summed E-state index contributed by atoms with van der Waals surface area (Å²) in [5, 5.41) is 11.0. The molecule has 2 atom stereocenters. The Morgan fingerprint density at radius 1 is 1.00 bits per heavy atom. The highest BCUT2D eigenvalue weighted by Gasteiger charge is 2.37. The molecule has 1 amide bonds. The predicted molar refractivity (Wildman–Crippen MR) is 122 cm³/mol. The number of carbonyl (C=O) groups is 2. The van der Waals surface area contributed by atoms with Gasteiger partial charge in [0.25, 0.3) is 0 Å². The molecule has 0 bridgehead atoms. The fraction of sp³-hybridized carbons (Fsp3) is 0.400. The summed E-state index contributed by atoms with van der Waals surface area (Å²) in [5.74, 6) is 1.35. The van der Waals surface area contributed by atoms with Crippen LogP contribution in [0.2, 0.25) is 0 Å². The Morgan fingerprint density at radius 2 is 1.62 bits per heavy atom. The molecule has 1 N–H and O–H groups in total. The lowest BCUT2D eigenvalue weighted by molar-refractivity contribution is -0.141. The standard InChI is InChI=1S/C25H28N2O7/c1-30-20-7-5-16(13-22(20)31-2)11-18-15-33-24(28)19(18)12-17-6-8-21(23(14-17)32-3)34-25(29)27-10-4-9-26/h5-8,13-14,18-19H,4,10-12,15H2,1-3H3,(H,27,29)/t18-,19+/m0/s1. The molecule has 1 fully saturated rings. The van der Waals surface area contributed by atoms with Crippen LogP contribution < -0.4 is 24.3 Å². The summed E-state index contributed by atoms with van der Waals surface area (Å²) in [6, 6.07) is 12.8. The molecular formula is C25H28N2O7. The monoisotopic (exact) mass is 468 g/mol. The van der Waals surface area contributed by atoms with E-state index in [4.69, 9.17) is 28.9 Å². The van der Waals surface area contributed by atoms with Gasteiger partial charge in [-0.3, -0.25) is 4.79 Å². The zero-order valence-corrected chi connectivity index (χ0v) is 19.5. The number of hydrogen-bond donors (Lipinski definition) is 1. The molecule has 9 heteroatoms. The maximum atomic E-state index is 12.5. The molecule has 1 saturated heterocycles. The van der Waals surface area contributed by atoms with Gasteiger partial charge in [-0.1, -0.05) is 12.1 Å². The lowest BCUT2D eigenvalue weighted by Crippen LogP contribution is -2.27. The zero-order chi connectivity index (χ0) is 24.5. The minimum Gasteiger partial charge on any atom is -0.493 e. The number of cyclic esters (lactones) is 1. The van der Waals surface area contributed by atoms with Gasteiger partial charge in [-0.05, 0) is 48.2 Å². The van der Waals surface area contributed by atoms with Crippen molar-refractivity contribution in [2.24, 2.45) is 11.8 Å². The van der Waals surface area contributed by atoms with E-state index >= 15 is 0 Å². The molecule has 0 spiro atoms. The molecule has 0 radical (unpaired) electrons. The van der Waals surface area contributed by atoms with E-state index in [1.165, 1.54) is 7.11 Å². The zero-order valence-electron chi connectivity index (χ0n) is 19.5. The van der Waals surface area contributed by atoms with Gasteiger partial charge in [0.2, 0.25) is 0 Å². The van der Waals surface area contributed by atoms with Gasteiger partial charge in [0.1, 0.15) is 0 Å². The van der Waals surface area contributed by atoms with Gasteiger partial charge in [0, 0.05) is 12.5 Å². The predicted octanol–water partition coefficient (Wildman–Crippen LogP) is 3.29. The van der Waals surface area contributed by atoms with E-state index in [-0.39, 0.29) is 36.5 Å². The van der Waals surface area contributed by atoms with Gasteiger partial charge in [0.05, 0.1) is 46.3 Å². The van der Waals surface area contributed by atoms with Gasteiger partial charge in [-0.25, -0.2) is 4.79 Å². The molecule has 9 nitrogen and oxygen atoms in total. The number of rotatable bonds is 10. The lowest BCUT2D eigenvalue weighted by atomic mass is 9.85. The highest BCUT2D eigenvalue weighted by atomic mass is 16.6. The fourth-order valence-corrected chi connectivity index (χ4v) is 3.90. The lowest BCUT2D eigenvalue weighted by Gasteiger charge is -2.17. The first-order chi connectivity index (χ1) is 16.5. The summed E-state index contributed by atoms with van der Waals surface area (Å²) in [6.45, 7) is 0.542. The second-order valence-electron chi connectivity index (χ2n) is 7.80. The molecule has 1 aliphatic rings. The summed E-state index contributed by atoms with van der Waals surface area (Å²) in [7, 11) is 4.65. The molecule has 2 aromatic carbocycles. The Bertz CT molecular complexity index is 1060. The number of carbonyl (C=O) groups excluding carboxylic acids is 2. The third-order valence-corrected chi connectivity index (χ3v) is 5.65. The van der Waals surface area contributed by atoms with Gasteiger partial charge >= 0.3 is 12.1 Å². The normalized spacial score (nSPS) is 16.8. The number of ether oxygens (including phenoxy) is 5. The molecule has 0 saturated carbocycles. The number of nitriles is 1. The van der Waals surface area contributed by atoms with Crippen molar-refractivity contribution in [3.63, 3.8) is 0 Å². The minimum atomic E-state index is -0.671. The third-order valence-electron chi connectivity index (χ3n) is 5.65. The van der Waals surface area contributed by atoms with E-state index in [1.54, 1.807) is 32.4 Å². The van der Waals surface area contributed by atoms with E-state index in [9.17, 15) is 9.59 Å². The topological polar surface area (TPSA) is 116 Å². The summed E-state index contributed by atoms with van der Waals surface area (Å²) in [6.07, 6.45) is 0.628. The van der Waals surface area contributed by atoms with Crippen LogP contribution in [0.1, 0.15) is 17.5 Å². The number of hydrogen-bond acceptors (Lipinski definition) is 8. The van der Waals surface area contributed by atoms with E-state index in [1.807, 2.05) is 24.3 Å². The maximum absolute atomic E-state index is 12.5. The molecule has 1 aliphatic heterocycles. The second-order valence-corrected chi connectivity index (χ2v) is 7.80. The SMILES string of the molecule is COc1ccc(C[C@H]2COC(=O)[C@@H]2Cc2ccc(OC(=O)NCCC#N)c(OC)c2)cc1OC. The number of methoxy groups -OCH3 is 3. The van der Waals surface area contributed by atoms with Crippen molar-refractivity contribution in [3.05, 3.63) is 47.5 Å². The Kier molecular flexibility index (Phi) is 8.57. The quantitative estimate of drug-likeness (QED) is 0.417. The first-order valence-corrected chi connectivity index (χ1v) is 10.9. The summed E-state index contributed by atoms with van der Waals surface area (Å²) in [4.78, 5) is 24.4. The maximum Gasteiger partial charge on any atom is 0.412 e. The van der Waals surface area contributed by atoms with Gasteiger partial charge in [-0.2, -0.15) is 5.26 Å². The van der Waals surface area contributed by atoms with Crippen molar-refractivity contribution in [2.75, 3.05) is 34.5 Å². The molecule has 2 aromatic rings. The highest BCUT2D eigenvalue weighted by molar-refractivity contribution is 5.75. The van der Waals surface area contributed by atoms with Crippen molar-refractivity contribution < 1.29 is 33.3 Å². The average molecular weight is 469 g/mol. The number of nitrogens with zero attached hydrogens (tertiary/aromatic N) is 1. The van der Waals surface area contributed by atoms with Crippen LogP contribution in [0, 0.1) is 23.2 Å². The van der Waals surface area contributed by atoms with Crippen LogP contribution in [0.4, 0.5) is 4.79 Å². The Labute approximate surface area is 198 Å². The molecule has 0 aromatic heterocycles. The fourth-order valence-electron chi connectivity index (χ4n) is 3.90. The van der Waals surface area contributed by atoms with Crippen LogP contribution in [-0.4, -0.2) is 46.5 Å². The molecular weight excluding hydrogens is 440 g/mol. The van der Waals surface area contributed by atoms with Gasteiger partial charge in [0.15, 0.2) is 23.0 Å². The van der Waals surface area contributed by atoms with Crippen molar-refractivity contribution in [3.8, 4) is 29.1 Å². The van der Waals surface area contributed by atoms with E-state index in [0.717, 1.165) is 11.1 Å². The van der Waals surface area contributed by atoms with Crippen LogP contribution in [0.25, 0.3) is 0 Å². The van der Waals surface area contributed by atoms with Gasteiger partial charge in [-0.15, -0.1) is 0 Å². The largest absolute Gasteiger partial charge is 0.493 e. The summed E-state index contributed by atoms with van der Waals surface area (Å²) >= 11 is 0. The molecule has 0 aliphatic carbocycles. The van der Waals surface area contributed by atoms with Crippen LogP contribution in [0.5, 0.6) is 23.0 Å². The molecule has 180 valence electrons. The van der Waals surface area contributed by atoms with Crippen LogP contribution in [0.15, 0.2) is 36.4 Å². The Balaban J connectivity index is 1.70. The Morgan fingerprint density at radius 3 is 2.26 bits per heavy atom. The minimum absolute atomic E-state index is 0.00145. The van der Waals surface area contributed by atoms with Crippen LogP contribution >= 0.6 is 0 Å². The summed E-state index contributed by atoms with van der Waals surface area (Å²) in [5.41, 5.74) is 1.88. The van der Waals surface area contributed by atoms with E-state index in [2.05, 4.69) is 5.32 Å². The smallest absolute Gasteiger partial charge is 0.412 e. The average Bonchev–Trinajstić information content (AvgIpc) is 3.18. The molecule has 0 unspecified atom stereocenters. The van der Waals surface area contributed by atoms with Gasteiger partial charge < -0.3 is 29.0 Å². The summed E-state index contributed by atoms with van der Waals surface area (Å²) < 4.78 is 26.7. The number of esters is 1. The Hall–Kier alpha value is -3.93. The van der Waals surface area contributed by atoms with Crippen molar-refractivity contribution in [2.45, 2.75) is 19.3 Å². The highest BCUT2D eigenvalue weighted by Crippen LogP contribution is 2.35. The molecule has 3 rings (SSSR count). The number of amides is 1. The first kappa shape index (κ1) is 24.7. The first-order valence-electron chi connectivity index (χ1n) is 10.9. The van der Waals surface area contributed by atoms with Crippen LogP contribution in [-0.2, 0) is 22.4 Å². The molecule has 34 heavy (non-hydrogen) atoms. The third kappa shape index (κ3) is 6.10. The van der Waals surface area contributed by atoms with Crippen molar-refractivity contribution in [1.29, 1.82) is 5.26 Å². The van der Waals surface area contributed by atoms with Crippen LogP contribution in [0.3, 0.4) is 0 Å².